The zero-order valence-corrected chi connectivity index (χ0v) is 10.8. The van der Waals surface area contributed by atoms with Gasteiger partial charge in [-0.25, -0.2) is 0 Å². The first kappa shape index (κ1) is 15.6. The highest BCUT2D eigenvalue weighted by Crippen LogP contribution is 2.31. The molecule has 0 saturated heterocycles. The fraction of sp³-hybridized carbons (Fsp3) is 0.364. The van der Waals surface area contributed by atoms with Crippen LogP contribution >= 0.6 is 0 Å². The van der Waals surface area contributed by atoms with E-state index in [0.29, 0.717) is 0 Å². The molecule has 1 amide bonds. The molecule has 0 aromatic heterocycles. The van der Waals surface area contributed by atoms with Gasteiger partial charge in [0.15, 0.2) is 0 Å². The Morgan fingerprint density at radius 2 is 2.15 bits per heavy atom. The Balaban J connectivity index is 2.89. The number of hydrogen-bond acceptors (Lipinski definition) is 5. The molecule has 0 radical (unpaired) electrons. The smallest absolute Gasteiger partial charge is 0.387 e. The standard InChI is InChI=1S/C11H13F2N3O4/c1-15(2)10(17)6-14-7-3-4-8(16(18)19)9(5-7)20-11(12)13/h3-5,11,14H,6H2,1-2H3. The van der Waals surface area contributed by atoms with Crippen LogP contribution in [0.4, 0.5) is 20.2 Å². The van der Waals surface area contributed by atoms with E-state index >= 15 is 0 Å². The third kappa shape index (κ3) is 4.34. The molecular weight excluding hydrogens is 276 g/mol. The molecule has 0 atom stereocenters. The fourth-order valence-electron chi connectivity index (χ4n) is 1.30. The molecule has 20 heavy (non-hydrogen) atoms. The minimum Gasteiger partial charge on any atom is -0.427 e. The normalized spacial score (nSPS) is 10.2. The number of nitrogens with one attached hydrogen (secondary N) is 1. The second-order valence-corrected chi connectivity index (χ2v) is 3.96. The summed E-state index contributed by atoms with van der Waals surface area (Å²) in [6.45, 7) is -3.24. The number of alkyl halides is 2. The number of nitro benzene ring substituents is 1. The average molecular weight is 289 g/mol. The lowest BCUT2D eigenvalue weighted by Gasteiger charge is -2.12. The Bertz CT molecular complexity index is 508. The van der Waals surface area contributed by atoms with Gasteiger partial charge in [0.25, 0.3) is 0 Å². The monoisotopic (exact) mass is 289 g/mol. The molecule has 0 bridgehead atoms. The van der Waals surface area contributed by atoms with E-state index in [4.69, 9.17) is 0 Å². The van der Waals surface area contributed by atoms with Gasteiger partial charge in [-0.2, -0.15) is 8.78 Å². The van der Waals surface area contributed by atoms with Gasteiger partial charge in [-0.1, -0.05) is 0 Å². The van der Waals surface area contributed by atoms with Gasteiger partial charge in [-0.15, -0.1) is 0 Å². The maximum absolute atomic E-state index is 12.2. The van der Waals surface area contributed by atoms with Crippen LogP contribution in [0.2, 0.25) is 0 Å². The summed E-state index contributed by atoms with van der Waals surface area (Å²) in [4.78, 5) is 22.5. The lowest BCUT2D eigenvalue weighted by molar-refractivity contribution is -0.386. The van der Waals surface area contributed by atoms with Crippen LogP contribution in [0.25, 0.3) is 0 Å². The van der Waals surface area contributed by atoms with Crippen LogP contribution in [-0.2, 0) is 4.79 Å². The van der Waals surface area contributed by atoms with E-state index < -0.39 is 23.0 Å². The first-order chi connectivity index (χ1) is 9.31. The number of nitro groups is 1. The Morgan fingerprint density at radius 1 is 1.50 bits per heavy atom. The third-order valence-corrected chi connectivity index (χ3v) is 2.32. The maximum atomic E-state index is 12.2. The summed E-state index contributed by atoms with van der Waals surface area (Å²) >= 11 is 0. The van der Waals surface area contributed by atoms with E-state index in [9.17, 15) is 23.7 Å². The molecule has 0 spiro atoms. The Morgan fingerprint density at radius 3 is 2.65 bits per heavy atom. The van der Waals surface area contributed by atoms with Crippen LogP contribution in [0.5, 0.6) is 5.75 Å². The zero-order valence-electron chi connectivity index (χ0n) is 10.8. The first-order valence-corrected chi connectivity index (χ1v) is 5.48. The van der Waals surface area contributed by atoms with Crippen molar-refractivity contribution in [2.24, 2.45) is 0 Å². The van der Waals surface area contributed by atoms with Crippen molar-refractivity contribution in [1.29, 1.82) is 0 Å². The van der Waals surface area contributed by atoms with Crippen LogP contribution in [-0.4, -0.2) is 43.0 Å². The quantitative estimate of drug-likeness (QED) is 0.636. The summed E-state index contributed by atoms with van der Waals surface area (Å²) in [5.41, 5.74) is -0.309. The molecular formula is C11H13F2N3O4. The molecule has 7 nitrogen and oxygen atoms in total. The van der Waals surface area contributed by atoms with E-state index in [-0.39, 0.29) is 18.1 Å². The summed E-state index contributed by atoms with van der Waals surface area (Å²) in [5, 5.41) is 13.3. The summed E-state index contributed by atoms with van der Waals surface area (Å²) in [7, 11) is 3.12. The molecule has 9 heteroatoms. The number of likely N-dealkylation sites (N-methyl/N-ethyl adjacent to an activating group) is 1. The van der Waals surface area contributed by atoms with E-state index in [1.165, 1.54) is 11.0 Å². The lowest BCUT2D eigenvalue weighted by Crippen LogP contribution is -2.28. The zero-order chi connectivity index (χ0) is 15.3. The van der Waals surface area contributed by atoms with Crippen molar-refractivity contribution >= 4 is 17.3 Å². The number of nitrogens with zero attached hydrogens (tertiary/aromatic N) is 2. The van der Waals surface area contributed by atoms with Gasteiger partial charge < -0.3 is 15.0 Å². The van der Waals surface area contributed by atoms with E-state index in [2.05, 4.69) is 10.1 Å². The number of ether oxygens (including phenoxy) is 1. The molecule has 0 heterocycles. The van der Waals surface area contributed by atoms with Crippen LogP contribution in [0.1, 0.15) is 0 Å². The molecule has 0 unspecified atom stereocenters. The number of carbonyl (C=O) groups excluding carboxylic acids is 1. The fourth-order valence-corrected chi connectivity index (χ4v) is 1.30. The van der Waals surface area contributed by atoms with E-state index in [1.807, 2.05) is 0 Å². The van der Waals surface area contributed by atoms with Gasteiger partial charge in [-0.3, -0.25) is 14.9 Å². The second kappa shape index (κ2) is 6.64. The van der Waals surface area contributed by atoms with Crippen LogP contribution < -0.4 is 10.1 Å². The maximum Gasteiger partial charge on any atom is 0.387 e. The van der Waals surface area contributed by atoms with Crippen molar-refractivity contribution < 1.29 is 23.2 Å². The molecule has 1 aromatic carbocycles. The molecule has 0 aliphatic heterocycles. The summed E-state index contributed by atoms with van der Waals surface area (Å²) in [5.74, 6) is -0.799. The van der Waals surface area contributed by atoms with Crippen LogP contribution in [0.3, 0.4) is 0 Å². The predicted octanol–water partition coefficient (Wildman–Crippen LogP) is 1.70. The SMILES string of the molecule is CN(C)C(=O)CNc1ccc([N+](=O)[O-])c(OC(F)F)c1. The summed E-state index contributed by atoms with van der Waals surface area (Å²) < 4.78 is 28.5. The van der Waals surface area contributed by atoms with Crippen LogP contribution in [0.15, 0.2) is 18.2 Å². The Kier molecular flexibility index (Phi) is 5.18. The van der Waals surface area contributed by atoms with Gasteiger partial charge in [0.1, 0.15) is 0 Å². The molecule has 110 valence electrons. The largest absolute Gasteiger partial charge is 0.427 e. The molecule has 0 aliphatic rings. The lowest BCUT2D eigenvalue weighted by atomic mass is 10.2. The van der Waals surface area contributed by atoms with Crippen molar-refractivity contribution in [2.45, 2.75) is 6.61 Å². The highest BCUT2D eigenvalue weighted by molar-refractivity contribution is 5.80. The number of benzene rings is 1. The molecule has 1 N–H and O–H groups in total. The minimum absolute atomic E-state index is 0.0705. The molecule has 0 saturated carbocycles. The number of carbonyl (C=O) groups is 1. The van der Waals surface area contributed by atoms with Crippen molar-refractivity contribution in [1.82, 2.24) is 4.90 Å². The van der Waals surface area contributed by atoms with E-state index in [1.54, 1.807) is 14.1 Å². The average Bonchev–Trinajstić information content (AvgIpc) is 2.34. The molecule has 0 fully saturated rings. The molecule has 0 aliphatic carbocycles. The van der Waals surface area contributed by atoms with Crippen molar-refractivity contribution in [2.75, 3.05) is 26.0 Å². The third-order valence-electron chi connectivity index (χ3n) is 2.32. The van der Waals surface area contributed by atoms with Gasteiger partial charge in [0, 0.05) is 31.9 Å². The molecule has 1 rings (SSSR count). The van der Waals surface area contributed by atoms with Crippen LogP contribution in [0, 0.1) is 10.1 Å². The Labute approximate surface area is 113 Å². The van der Waals surface area contributed by atoms with Gasteiger partial charge in [0.2, 0.25) is 11.7 Å². The second-order valence-electron chi connectivity index (χ2n) is 3.96. The summed E-state index contributed by atoms with van der Waals surface area (Å²) in [6, 6.07) is 3.38. The first-order valence-electron chi connectivity index (χ1n) is 5.48. The Hall–Kier alpha value is -2.45. The number of halogens is 2. The molecule has 1 aromatic rings. The van der Waals surface area contributed by atoms with Gasteiger partial charge in [-0.05, 0) is 6.07 Å². The number of hydrogen-bond donors (Lipinski definition) is 1. The highest BCUT2D eigenvalue weighted by atomic mass is 19.3. The number of amides is 1. The van der Waals surface area contributed by atoms with Crippen molar-refractivity contribution in [3.8, 4) is 5.75 Å². The highest BCUT2D eigenvalue weighted by Gasteiger charge is 2.19. The van der Waals surface area contributed by atoms with Gasteiger partial charge in [0.05, 0.1) is 11.5 Å². The van der Waals surface area contributed by atoms with Crippen molar-refractivity contribution in [3.63, 3.8) is 0 Å². The number of anilines is 1. The minimum atomic E-state index is -3.17. The van der Waals surface area contributed by atoms with Crippen molar-refractivity contribution in [3.05, 3.63) is 28.3 Å². The summed E-state index contributed by atoms with van der Waals surface area (Å²) in [6.07, 6.45) is 0. The van der Waals surface area contributed by atoms with Gasteiger partial charge >= 0.3 is 12.3 Å². The van der Waals surface area contributed by atoms with E-state index in [0.717, 1.165) is 12.1 Å². The number of rotatable bonds is 6. The topological polar surface area (TPSA) is 84.7 Å². The predicted molar refractivity (Wildman–Crippen MR) is 66.9 cm³/mol.